The average molecular weight is 166 g/mol. The summed E-state index contributed by atoms with van der Waals surface area (Å²) in [5.41, 5.74) is 10.3. The molecule has 3 nitrogen and oxygen atoms in total. The van der Waals surface area contributed by atoms with E-state index in [1.807, 2.05) is 0 Å². The third-order valence-corrected chi connectivity index (χ3v) is 1.06. The summed E-state index contributed by atoms with van der Waals surface area (Å²) in [6, 6.07) is 0. The number of carbonyl (C=O) groups excluding carboxylic acids is 1. The van der Waals surface area contributed by atoms with Crippen molar-refractivity contribution in [1.82, 2.24) is 0 Å². The van der Waals surface area contributed by atoms with Gasteiger partial charge in [0.15, 0.2) is 5.78 Å². The molecule has 12 heavy (non-hydrogen) atoms. The number of nitrogens with two attached hydrogens (primary N) is 2. The molecule has 0 aliphatic carbocycles. The second-order valence-corrected chi connectivity index (χ2v) is 2.06. The molecule has 0 spiro atoms. The lowest BCUT2D eigenvalue weighted by atomic mass is 10.3. The molecule has 0 saturated carbocycles. The maximum absolute atomic E-state index is 10.9. The van der Waals surface area contributed by atoms with Crippen LogP contribution in [0.3, 0.4) is 0 Å². The van der Waals surface area contributed by atoms with Crippen molar-refractivity contribution < 1.29 is 4.79 Å². The first-order valence-electron chi connectivity index (χ1n) is 3.75. The van der Waals surface area contributed by atoms with E-state index in [4.69, 9.17) is 11.5 Å². The van der Waals surface area contributed by atoms with Crippen LogP contribution in [0.15, 0.2) is 36.5 Å². The molecular weight excluding hydrogens is 152 g/mol. The van der Waals surface area contributed by atoms with E-state index in [1.54, 1.807) is 24.3 Å². The van der Waals surface area contributed by atoms with Crippen molar-refractivity contribution in [2.24, 2.45) is 11.5 Å². The Morgan fingerprint density at radius 1 is 1.00 bits per heavy atom. The molecular formula is C9H14N2O. The van der Waals surface area contributed by atoms with E-state index < -0.39 is 0 Å². The van der Waals surface area contributed by atoms with E-state index in [0.717, 1.165) is 0 Å². The van der Waals surface area contributed by atoms with Gasteiger partial charge in [-0.05, 0) is 12.2 Å². The predicted octanol–water partition coefficient (Wildman–Crippen LogP) is 0.142. The molecule has 66 valence electrons. The van der Waals surface area contributed by atoms with Gasteiger partial charge < -0.3 is 11.5 Å². The van der Waals surface area contributed by atoms with Crippen LogP contribution in [0.4, 0.5) is 0 Å². The molecule has 0 aliphatic heterocycles. The molecule has 0 rings (SSSR count). The fraction of sp³-hybridized carbons (Fsp3) is 0.222. The zero-order valence-corrected chi connectivity index (χ0v) is 6.94. The third kappa shape index (κ3) is 6.92. The maximum Gasteiger partial charge on any atom is 0.178 e. The van der Waals surface area contributed by atoms with E-state index >= 15 is 0 Å². The molecule has 3 heteroatoms. The van der Waals surface area contributed by atoms with Crippen molar-refractivity contribution in [2.45, 2.75) is 0 Å². The van der Waals surface area contributed by atoms with Gasteiger partial charge in [0.1, 0.15) is 0 Å². The van der Waals surface area contributed by atoms with E-state index in [1.165, 1.54) is 12.2 Å². The fourth-order valence-electron chi connectivity index (χ4n) is 0.547. The Kier molecular flexibility index (Phi) is 7.13. The Labute approximate surface area is 72.4 Å². The van der Waals surface area contributed by atoms with Gasteiger partial charge in [-0.2, -0.15) is 0 Å². The predicted molar refractivity (Wildman–Crippen MR) is 50.5 cm³/mol. The molecule has 0 fully saturated rings. The Morgan fingerprint density at radius 3 is 2.25 bits per heavy atom. The number of hydrogen-bond acceptors (Lipinski definition) is 3. The Balaban J connectivity index is 3.75. The second-order valence-electron chi connectivity index (χ2n) is 2.06. The van der Waals surface area contributed by atoms with E-state index in [2.05, 4.69) is 0 Å². The van der Waals surface area contributed by atoms with Gasteiger partial charge in [0, 0.05) is 13.1 Å². The highest BCUT2D eigenvalue weighted by Gasteiger charge is 1.83. The Morgan fingerprint density at radius 2 is 1.67 bits per heavy atom. The number of ketones is 1. The van der Waals surface area contributed by atoms with Crippen molar-refractivity contribution in [3.8, 4) is 0 Å². The minimum Gasteiger partial charge on any atom is -0.327 e. The van der Waals surface area contributed by atoms with Gasteiger partial charge in [-0.3, -0.25) is 4.79 Å². The van der Waals surface area contributed by atoms with Gasteiger partial charge in [0.25, 0.3) is 0 Å². The largest absolute Gasteiger partial charge is 0.327 e. The summed E-state index contributed by atoms with van der Waals surface area (Å²) in [5.74, 6) is -0.0675. The molecule has 0 amide bonds. The van der Waals surface area contributed by atoms with Gasteiger partial charge >= 0.3 is 0 Å². The summed E-state index contributed by atoms with van der Waals surface area (Å²) in [6.07, 6.45) is 9.64. The highest BCUT2D eigenvalue weighted by Crippen LogP contribution is 1.81. The van der Waals surface area contributed by atoms with Crippen molar-refractivity contribution in [1.29, 1.82) is 0 Å². The lowest BCUT2D eigenvalue weighted by Gasteiger charge is -1.80. The zero-order chi connectivity index (χ0) is 9.23. The highest BCUT2D eigenvalue weighted by atomic mass is 16.1. The molecule has 0 aliphatic rings. The normalized spacial score (nSPS) is 12.2. The molecule has 0 saturated heterocycles. The SMILES string of the molecule is NC/C=C/C=C/C(=O)/C=C/CN. The molecule has 0 unspecified atom stereocenters. The smallest absolute Gasteiger partial charge is 0.178 e. The van der Waals surface area contributed by atoms with Crippen LogP contribution in [0.5, 0.6) is 0 Å². The second kappa shape index (κ2) is 7.91. The van der Waals surface area contributed by atoms with E-state index in [-0.39, 0.29) is 5.78 Å². The van der Waals surface area contributed by atoms with Gasteiger partial charge in [-0.15, -0.1) is 0 Å². The van der Waals surface area contributed by atoms with Gasteiger partial charge in [0.05, 0.1) is 0 Å². The van der Waals surface area contributed by atoms with Crippen molar-refractivity contribution >= 4 is 5.78 Å². The summed E-state index contributed by atoms with van der Waals surface area (Å²) in [4.78, 5) is 10.9. The first kappa shape index (κ1) is 10.8. The molecule has 0 aromatic carbocycles. The number of hydrogen-bond donors (Lipinski definition) is 2. The van der Waals surface area contributed by atoms with Crippen LogP contribution < -0.4 is 11.5 Å². The summed E-state index contributed by atoms with van der Waals surface area (Å²) < 4.78 is 0. The van der Waals surface area contributed by atoms with Crippen LogP contribution in [-0.4, -0.2) is 18.9 Å². The molecule has 0 aromatic heterocycles. The summed E-state index contributed by atoms with van der Waals surface area (Å²) in [6.45, 7) is 0.870. The van der Waals surface area contributed by atoms with Crippen LogP contribution in [0.2, 0.25) is 0 Å². The van der Waals surface area contributed by atoms with Crippen LogP contribution >= 0.6 is 0 Å². The first-order valence-corrected chi connectivity index (χ1v) is 3.75. The van der Waals surface area contributed by atoms with Crippen LogP contribution in [-0.2, 0) is 4.79 Å². The zero-order valence-electron chi connectivity index (χ0n) is 6.94. The minimum absolute atomic E-state index is 0.0675. The Hall–Kier alpha value is -1.19. The third-order valence-electron chi connectivity index (χ3n) is 1.06. The van der Waals surface area contributed by atoms with Crippen molar-refractivity contribution in [2.75, 3.05) is 13.1 Å². The Bertz CT molecular complexity index is 205. The summed E-state index contributed by atoms with van der Waals surface area (Å²) >= 11 is 0. The van der Waals surface area contributed by atoms with Gasteiger partial charge in [-0.1, -0.05) is 24.3 Å². The van der Waals surface area contributed by atoms with Gasteiger partial charge in [0.2, 0.25) is 0 Å². The summed E-state index contributed by atoms with van der Waals surface area (Å²) in [7, 11) is 0. The van der Waals surface area contributed by atoms with Gasteiger partial charge in [-0.25, -0.2) is 0 Å². The fourth-order valence-corrected chi connectivity index (χ4v) is 0.547. The molecule has 0 heterocycles. The monoisotopic (exact) mass is 166 g/mol. The number of carbonyl (C=O) groups is 1. The minimum atomic E-state index is -0.0675. The lowest BCUT2D eigenvalue weighted by Crippen LogP contribution is -1.94. The maximum atomic E-state index is 10.9. The molecule has 0 atom stereocenters. The standard InChI is InChI=1S/C9H14N2O/c10-7-3-1-2-5-9(12)6-4-8-11/h1-6H,7-8,10-11H2/b3-1+,5-2+,6-4+. The number of allylic oxidation sites excluding steroid dienone is 4. The number of rotatable bonds is 5. The topological polar surface area (TPSA) is 69.1 Å². The van der Waals surface area contributed by atoms with E-state index in [0.29, 0.717) is 13.1 Å². The van der Waals surface area contributed by atoms with Crippen molar-refractivity contribution in [3.63, 3.8) is 0 Å². The van der Waals surface area contributed by atoms with Crippen molar-refractivity contribution in [3.05, 3.63) is 36.5 Å². The van der Waals surface area contributed by atoms with Crippen LogP contribution in [0.25, 0.3) is 0 Å². The molecule has 0 radical (unpaired) electrons. The molecule has 4 N–H and O–H groups in total. The van der Waals surface area contributed by atoms with Crippen LogP contribution in [0.1, 0.15) is 0 Å². The quantitative estimate of drug-likeness (QED) is 0.451. The highest BCUT2D eigenvalue weighted by molar-refractivity contribution is 5.99. The summed E-state index contributed by atoms with van der Waals surface area (Å²) in [5, 5.41) is 0. The van der Waals surface area contributed by atoms with E-state index in [9.17, 15) is 4.79 Å². The molecule has 0 bridgehead atoms. The van der Waals surface area contributed by atoms with Crippen LogP contribution in [0, 0.1) is 0 Å². The average Bonchev–Trinajstić information content (AvgIpc) is 2.09. The first-order chi connectivity index (χ1) is 5.81. The lowest BCUT2D eigenvalue weighted by molar-refractivity contribution is -0.110. The molecule has 0 aromatic rings.